The van der Waals surface area contributed by atoms with Gasteiger partial charge in [0.05, 0.1) is 25.6 Å². The van der Waals surface area contributed by atoms with Gasteiger partial charge in [0.15, 0.2) is 0 Å². The van der Waals surface area contributed by atoms with Crippen molar-refractivity contribution in [3.63, 3.8) is 0 Å². The number of amides is 2. The molecule has 0 radical (unpaired) electrons. The van der Waals surface area contributed by atoms with E-state index >= 15 is 0 Å². The highest BCUT2D eigenvalue weighted by Gasteiger charge is 2.29. The molecule has 2 aliphatic rings. The number of halogens is 1. The lowest BCUT2D eigenvalue weighted by molar-refractivity contribution is 0.186. The lowest BCUT2D eigenvalue weighted by atomic mass is 9.85. The van der Waals surface area contributed by atoms with Crippen LogP contribution in [-0.2, 0) is 0 Å². The highest BCUT2D eigenvalue weighted by atomic mass is 35.5. The number of ether oxygens (including phenoxy) is 2. The number of hydrogen-bond acceptors (Lipinski definition) is 7. The van der Waals surface area contributed by atoms with Gasteiger partial charge in [-0.15, -0.1) is 12.4 Å². The number of carbonyl (C=O) groups excluding carboxylic acids is 1. The molecular formula is C39H57ClN6O3. The molecule has 2 aromatic rings. The number of allylic oxidation sites excluding steroid dienone is 2. The molecule has 0 unspecified atom stereocenters. The average Bonchev–Trinajstić information content (AvgIpc) is 3.09. The van der Waals surface area contributed by atoms with Crippen LogP contribution in [0.4, 0.5) is 4.79 Å². The third kappa shape index (κ3) is 13.0. The summed E-state index contributed by atoms with van der Waals surface area (Å²) in [6.45, 7) is 14.8. The van der Waals surface area contributed by atoms with Crippen LogP contribution in [-0.4, -0.2) is 80.7 Å². The Balaban J connectivity index is 0.00000650. The molecule has 10 heteroatoms. The number of hydrogen-bond donors (Lipinski definition) is 2. The minimum Gasteiger partial charge on any atom is -0.497 e. The minimum absolute atomic E-state index is 0. The summed E-state index contributed by atoms with van der Waals surface area (Å²) in [5.41, 5.74) is 8.50. The normalized spacial score (nSPS) is 17.2. The van der Waals surface area contributed by atoms with Crippen molar-refractivity contribution in [1.29, 1.82) is 0 Å². The van der Waals surface area contributed by atoms with Crippen molar-refractivity contribution in [3.05, 3.63) is 71.8 Å². The Kier molecular flexibility index (Phi) is 15.8. The second kappa shape index (κ2) is 19.5. The summed E-state index contributed by atoms with van der Waals surface area (Å²) < 4.78 is 10.6. The van der Waals surface area contributed by atoms with E-state index in [-0.39, 0.29) is 23.2 Å². The predicted molar refractivity (Wildman–Crippen MR) is 206 cm³/mol. The second-order valence-electron chi connectivity index (χ2n) is 14.2. The quantitative estimate of drug-likeness (QED) is 0.155. The van der Waals surface area contributed by atoms with E-state index in [1.807, 2.05) is 72.8 Å². The molecule has 0 saturated carbocycles. The van der Waals surface area contributed by atoms with Crippen molar-refractivity contribution < 1.29 is 14.3 Å². The monoisotopic (exact) mass is 692 g/mol. The van der Waals surface area contributed by atoms with E-state index in [1.165, 1.54) is 38.5 Å². The summed E-state index contributed by atoms with van der Waals surface area (Å²) in [5.74, 6) is 1.62. The van der Waals surface area contributed by atoms with Crippen LogP contribution in [0.15, 0.2) is 70.9 Å². The number of hydrazone groups is 2. The standard InChI is InChI=1S/C39H56N6O3.ClH/c1-38(2,29-44-25-9-7-10-26-44)35(23-17-31-13-19-33(47-5)20-14-31)40-42-37(46)43-41-36(24-18-32-15-21-34(48-6)22-16-32)39(3,4)30-45-27-11-8-12-28-45;/h13-24H,7-12,25-30H2,1-6H3,(H2,42,43,46);1H/b23-17+,24-18+,40-35-,41-36-;. The average molecular weight is 693 g/mol. The lowest BCUT2D eigenvalue weighted by Crippen LogP contribution is -2.43. The summed E-state index contributed by atoms with van der Waals surface area (Å²) in [6, 6.07) is 15.3. The smallest absolute Gasteiger partial charge is 0.355 e. The molecule has 2 aromatic carbocycles. The van der Waals surface area contributed by atoms with Gasteiger partial charge < -0.3 is 19.3 Å². The van der Waals surface area contributed by atoms with E-state index in [4.69, 9.17) is 9.47 Å². The predicted octanol–water partition coefficient (Wildman–Crippen LogP) is 7.89. The second-order valence-corrected chi connectivity index (χ2v) is 14.2. The Morgan fingerprint density at radius 2 is 1.00 bits per heavy atom. The van der Waals surface area contributed by atoms with Crippen molar-refractivity contribution in [2.24, 2.45) is 21.0 Å². The van der Waals surface area contributed by atoms with Crippen LogP contribution in [0.25, 0.3) is 12.2 Å². The largest absolute Gasteiger partial charge is 0.497 e. The number of nitrogens with one attached hydrogen (secondary N) is 2. The Bertz CT molecular complexity index is 1310. The van der Waals surface area contributed by atoms with Gasteiger partial charge in [0, 0.05) is 23.9 Å². The molecule has 0 bridgehead atoms. The first-order valence-corrected chi connectivity index (χ1v) is 17.4. The maximum atomic E-state index is 13.2. The first-order chi connectivity index (χ1) is 23.1. The van der Waals surface area contributed by atoms with E-state index in [1.54, 1.807) is 14.2 Å². The number of urea groups is 1. The van der Waals surface area contributed by atoms with Gasteiger partial charge in [0.25, 0.3) is 0 Å². The summed E-state index contributed by atoms with van der Waals surface area (Å²) in [5, 5.41) is 9.32. The molecule has 4 rings (SSSR count). The van der Waals surface area contributed by atoms with Gasteiger partial charge in [0.1, 0.15) is 11.5 Å². The van der Waals surface area contributed by atoms with Crippen LogP contribution >= 0.6 is 12.4 Å². The Labute approximate surface area is 300 Å². The van der Waals surface area contributed by atoms with Crippen LogP contribution in [0.3, 0.4) is 0 Å². The Morgan fingerprint density at radius 3 is 1.33 bits per heavy atom. The van der Waals surface area contributed by atoms with Gasteiger partial charge >= 0.3 is 6.03 Å². The van der Waals surface area contributed by atoms with E-state index in [0.717, 1.165) is 73.3 Å². The van der Waals surface area contributed by atoms with Gasteiger partial charge in [-0.05, 0) is 99.4 Å². The van der Waals surface area contributed by atoms with Crippen LogP contribution in [0.1, 0.15) is 77.3 Å². The van der Waals surface area contributed by atoms with Crippen LogP contribution < -0.4 is 20.3 Å². The first kappa shape index (κ1) is 39.8. The summed E-state index contributed by atoms with van der Waals surface area (Å²) >= 11 is 0. The zero-order valence-electron chi connectivity index (χ0n) is 30.3. The van der Waals surface area contributed by atoms with Crippen molar-refractivity contribution in [3.8, 4) is 11.5 Å². The van der Waals surface area contributed by atoms with E-state index < -0.39 is 6.03 Å². The molecule has 2 amide bonds. The molecule has 268 valence electrons. The third-order valence-electron chi connectivity index (χ3n) is 9.18. The number of nitrogens with zero attached hydrogens (tertiary/aromatic N) is 4. The van der Waals surface area contributed by atoms with Gasteiger partial charge in [-0.3, -0.25) is 0 Å². The highest BCUT2D eigenvalue weighted by Crippen LogP contribution is 2.25. The van der Waals surface area contributed by atoms with E-state index in [2.05, 4.69) is 58.5 Å². The summed E-state index contributed by atoms with van der Waals surface area (Å²) in [6.07, 6.45) is 15.5. The molecule has 0 atom stereocenters. The summed E-state index contributed by atoms with van der Waals surface area (Å²) in [4.78, 5) is 18.2. The zero-order valence-corrected chi connectivity index (χ0v) is 31.2. The number of rotatable bonds is 14. The molecule has 0 aliphatic carbocycles. The van der Waals surface area contributed by atoms with Gasteiger partial charge in [-0.1, -0.05) is 77.0 Å². The number of carbonyl (C=O) groups is 1. The molecular weight excluding hydrogens is 636 g/mol. The molecule has 2 fully saturated rings. The van der Waals surface area contributed by atoms with Crippen LogP contribution in [0.5, 0.6) is 11.5 Å². The number of piperidine rings is 2. The molecule has 9 nitrogen and oxygen atoms in total. The molecule has 49 heavy (non-hydrogen) atoms. The molecule has 2 aliphatic heterocycles. The minimum atomic E-state index is -0.483. The van der Waals surface area contributed by atoms with Crippen molar-refractivity contribution in [2.45, 2.75) is 66.2 Å². The third-order valence-corrected chi connectivity index (χ3v) is 9.18. The van der Waals surface area contributed by atoms with Gasteiger partial charge in [-0.25, -0.2) is 15.6 Å². The summed E-state index contributed by atoms with van der Waals surface area (Å²) in [7, 11) is 3.32. The first-order valence-electron chi connectivity index (χ1n) is 17.4. The number of benzene rings is 2. The fraction of sp³-hybridized carbons (Fsp3) is 0.513. The molecule has 2 heterocycles. The zero-order chi connectivity index (χ0) is 34.4. The fourth-order valence-corrected chi connectivity index (χ4v) is 6.37. The van der Waals surface area contributed by atoms with E-state index in [0.29, 0.717) is 0 Å². The van der Waals surface area contributed by atoms with Crippen LogP contribution in [0.2, 0.25) is 0 Å². The topological polar surface area (TPSA) is 90.8 Å². The van der Waals surface area contributed by atoms with Gasteiger partial charge in [0.2, 0.25) is 0 Å². The number of likely N-dealkylation sites (tertiary alicyclic amines) is 2. The molecule has 0 aromatic heterocycles. The maximum Gasteiger partial charge on any atom is 0.355 e. The maximum absolute atomic E-state index is 13.2. The van der Waals surface area contributed by atoms with Crippen molar-refractivity contribution >= 4 is 42.0 Å². The fourth-order valence-electron chi connectivity index (χ4n) is 6.37. The van der Waals surface area contributed by atoms with Crippen molar-refractivity contribution in [1.82, 2.24) is 20.7 Å². The highest BCUT2D eigenvalue weighted by molar-refractivity contribution is 6.03. The van der Waals surface area contributed by atoms with Crippen molar-refractivity contribution in [2.75, 3.05) is 53.5 Å². The van der Waals surface area contributed by atoms with Gasteiger partial charge in [-0.2, -0.15) is 10.2 Å². The number of methoxy groups -OCH3 is 2. The Morgan fingerprint density at radius 1 is 0.653 bits per heavy atom. The van der Waals surface area contributed by atoms with Crippen LogP contribution in [0, 0.1) is 10.8 Å². The molecule has 2 saturated heterocycles. The lowest BCUT2D eigenvalue weighted by Gasteiger charge is -2.35. The molecule has 0 spiro atoms. The Hall–Kier alpha value is -3.66. The molecule has 2 N–H and O–H groups in total. The van der Waals surface area contributed by atoms with E-state index in [9.17, 15) is 4.79 Å². The SMILES string of the molecule is COc1ccc(/C=C/C(=N/NC(=O)N/N=C(/C=C/c2ccc(OC)cc2)C(C)(C)CN2CCCCC2)C(C)(C)CN2CCCCC2)cc1.Cl.